The van der Waals surface area contributed by atoms with Gasteiger partial charge in [-0.05, 0) is 66.4 Å². The molecule has 0 bridgehead atoms. The van der Waals surface area contributed by atoms with Crippen LogP contribution in [0.15, 0.2) is 77.7 Å². The predicted molar refractivity (Wildman–Crippen MR) is 135 cm³/mol. The summed E-state index contributed by atoms with van der Waals surface area (Å²) in [4.78, 5) is 0.199. The van der Waals surface area contributed by atoms with Gasteiger partial charge in [0.05, 0.1) is 35.9 Å². The summed E-state index contributed by atoms with van der Waals surface area (Å²) in [7, 11) is -0.497. The number of hydrogen-bond acceptors (Lipinski definition) is 5. The molecule has 6 nitrogen and oxygen atoms in total. The molecule has 176 valence electrons. The van der Waals surface area contributed by atoms with E-state index < -0.39 is 10.0 Å². The summed E-state index contributed by atoms with van der Waals surface area (Å²) in [6.45, 7) is 0. The lowest BCUT2D eigenvalue weighted by Crippen LogP contribution is -2.29. The Labute approximate surface area is 204 Å². The highest BCUT2D eigenvalue weighted by Gasteiger charge is 2.39. The molecule has 2 N–H and O–H groups in total. The Hall–Kier alpha value is -3.16. The minimum atomic E-state index is -3.81. The Kier molecular flexibility index (Phi) is 5.91. The minimum Gasteiger partial charge on any atom is -0.497 e. The lowest BCUT2D eigenvalue weighted by atomic mass is 9.77. The van der Waals surface area contributed by atoms with Crippen molar-refractivity contribution in [2.45, 2.75) is 23.3 Å². The summed E-state index contributed by atoms with van der Waals surface area (Å²) in [6.07, 6.45) is 5.20. The van der Waals surface area contributed by atoms with Crippen LogP contribution in [0.5, 0.6) is 11.5 Å². The van der Waals surface area contributed by atoms with E-state index in [0.29, 0.717) is 10.7 Å². The third-order valence-electron chi connectivity index (χ3n) is 6.53. The van der Waals surface area contributed by atoms with Gasteiger partial charge in [-0.1, -0.05) is 35.9 Å². The monoisotopic (exact) mass is 496 g/mol. The van der Waals surface area contributed by atoms with Gasteiger partial charge in [0.2, 0.25) is 0 Å². The first kappa shape index (κ1) is 22.6. The van der Waals surface area contributed by atoms with E-state index in [0.717, 1.165) is 34.7 Å². The molecule has 3 aromatic rings. The normalized spacial score (nSPS) is 20.7. The number of rotatable bonds is 6. The molecule has 0 unspecified atom stereocenters. The van der Waals surface area contributed by atoms with Crippen molar-refractivity contribution in [2.24, 2.45) is 5.92 Å². The molecule has 0 aromatic heterocycles. The number of sulfonamides is 1. The average molecular weight is 497 g/mol. The van der Waals surface area contributed by atoms with Gasteiger partial charge in [0.1, 0.15) is 11.5 Å². The number of ether oxygens (including phenoxy) is 2. The largest absolute Gasteiger partial charge is 0.497 e. The highest BCUT2D eigenvalue weighted by molar-refractivity contribution is 7.92. The Morgan fingerprint density at radius 3 is 2.59 bits per heavy atom. The van der Waals surface area contributed by atoms with Crippen LogP contribution in [-0.4, -0.2) is 22.6 Å². The molecule has 8 heteroatoms. The zero-order valence-electron chi connectivity index (χ0n) is 18.8. The standard InChI is InChI=1S/C26H25ClN2O4S/c1-32-16-10-13-25(33-2)21(14-16)26-19-7-5-6-18(19)20-15-17(11-12-23(20)28-26)34(30,31)29-24-9-4-3-8-22(24)27/h3-6,8-15,18-19,26,28-29H,7H2,1-2H3/t18-,19+,26-/m0/s1. The molecular formula is C26H25ClN2O4S. The topological polar surface area (TPSA) is 76.7 Å². The maximum Gasteiger partial charge on any atom is 0.261 e. The predicted octanol–water partition coefficient (Wildman–Crippen LogP) is 5.98. The number of allylic oxidation sites excluding steroid dienone is 2. The molecule has 2 aliphatic rings. The second-order valence-electron chi connectivity index (χ2n) is 8.42. The molecule has 0 fully saturated rings. The van der Waals surface area contributed by atoms with Crippen molar-refractivity contribution in [2.75, 3.05) is 24.3 Å². The molecule has 0 spiro atoms. The van der Waals surface area contributed by atoms with Crippen molar-refractivity contribution < 1.29 is 17.9 Å². The third-order valence-corrected chi connectivity index (χ3v) is 8.23. The highest BCUT2D eigenvalue weighted by atomic mass is 35.5. The van der Waals surface area contributed by atoms with E-state index in [-0.39, 0.29) is 22.8 Å². The first-order chi connectivity index (χ1) is 16.4. The van der Waals surface area contributed by atoms with E-state index in [1.807, 2.05) is 24.3 Å². The third kappa shape index (κ3) is 3.99. The van der Waals surface area contributed by atoms with E-state index in [1.54, 1.807) is 50.6 Å². The van der Waals surface area contributed by atoms with Crippen molar-refractivity contribution in [3.63, 3.8) is 0 Å². The lowest BCUT2D eigenvalue weighted by molar-refractivity contribution is 0.374. The molecule has 3 aromatic carbocycles. The van der Waals surface area contributed by atoms with Gasteiger partial charge in [-0.15, -0.1) is 0 Å². The maximum atomic E-state index is 13.1. The summed E-state index contributed by atoms with van der Waals surface area (Å²) in [5.41, 5.74) is 3.23. The molecule has 0 saturated carbocycles. The summed E-state index contributed by atoms with van der Waals surface area (Å²) >= 11 is 6.16. The van der Waals surface area contributed by atoms with Crippen LogP contribution in [0.1, 0.15) is 29.5 Å². The second kappa shape index (κ2) is 8.89. The van der Waals surface area contributed by atoms with Crippen LogP contribution in [0.25, 0.3) is 0 Å². The van der Waals surface area contributed by atoms with E-state index in [1.165, 1.54) is 0 Å². The number of nitrogens with one attached hydrogen (secondary N) is 2. The highest BCUT2D eigenvalue weighted by Crippen LogP contribution is 2.52. The average Bonchev–Trinajstić information content (AvgIpc) is 3.34. The molecule has 1 aliphatic heterocycles. The van der Waals surface area contributed by atoms with Crippen LogP contribution in [0, 0.1) is 5.92 Å². The number of halogens is 1. The van der Waals surface area contributed by atoms with E-state index in [4.69, 9.17) is 21.1 Å². The van der Waals surface area contributed by atoms with Crippen molar-refractivity contribution in [3.05, 3.63) is 89.0 Å². The molecular weight excluding hydrogens is 472 g/mol. The number of fused-ring (bicyclic) bond motifs is 3. The molecule has 3 atom stereocenters. The minimum absolute atomic E-state index is 0.0127. The maximum absolute atomic E-state index is 13.1. The number of hydrogen-bond donors (Lipinski definition) is 2. The Balaban J connectivity index is 1.52. The Morgan fingerprint density at radius 2 is 1.82 bits per heavy atom. The van der Waals surface area contributed by atoms with Crippen molar-refractivity contribution in [1.82, 2.24) is 0 Å². The molecule has 5 rings (SSSR count). The first-order valence-corrected chi connectivity index (χ1v) is 12.8. The van der Waals surface area contributed by atoms with Gasteiger partial charge in [-0.2, -0.15) is 0 Å². The van der Waals surface area contributed by atoms with Crippen LogP contribution >= 0.6 is 11.6 Å². The van der Waals surface area contributed by atoms with E-state index in [2.05, 4.69) is 22.2 Å². The fraction of sp³-hybridized carbons (Fsp3) is 0.231. The van der Waals surface area contributed by atoms with Gasteiger partial charge < -0.3 is 14.8 Å². The molecule has 0 saturated heterocycles. The van der Waals surface area contributed by atoms with Crippen LogP contribution in [0.2, 0.25) is 5.02 Å². The zero-order chi connectivity index (χ0) is 23.9. The summed E-state index contributed by atoms with van der Waals surface area (Å²) in [6, 6.07) is 17.8. The van der Waals surface area contributed by atoms with Crippen molar-refractivity contribution in [3.8, 4) is 11.5 Å². The van der Waals surface area contributed by atoms with Crippen molar-refractivity contribution >= 4 is 33.0 Å². The smallest absolute Gasteiger partial charge is 0.261 e. The van der Waals surface area contributed by atoms with E-state index >= 15 is 0 Å². The summed E-state index contributed by atoms with van der Waals surface area (Å²) < 4.78 is 40.0. The summed E-state index contributed by atoms with van der Waals surface area (Å²) in [5.74, 6) is 1.84. The van der Waals surface area contributed by atoms with E-state index in [9.17, 15) is 8.42 Å². The molecule has 0 radical (unpaired) electrons. The Morgan fingerprint density at radius 1 is 1.00 bits per heavy atom. The van der Waals surface area contributed by atoms with Gasteiger partial charge in [0.25, 0.3) is 10.0 Å². The number of anilines is 2. The lowest BCUT2D eigenvalue weighted by Gasteiger charge is -2.38. The van der Waals surface area contributed by atoms with Crippen LogP contribution in [-0.2, 0) is 10.0 Å². The summed E-state index contributed by atoms with van der Waals surface area (Å²) in [5, 5.41) is 3.98. The van der Waals surface area contributed by atoms with Gasteiger partial charge in [-0.3, -0.25) is 4.72 Å². The second-order valence-corrected chi connectivity index (χ2v) is 10.5. The van der Waals surface area contributed by atoms with Gasteiger partial charge in [0, 0.05) is 17.2 Å². The van der Waals surface area contributed by atoms with Crippen LogP contribution in [0.3, 0.4) is 0 Å². The first-order valence-electron chi connectivity index (χ1n) is 11.0. The molecule has 34 heavy (non-hydrogen) atoms. The number of methoxy groups -OCH3 is 2. The quantitative estimate of drug-likeness (QED) is 0.410. The molecule has 1 aliphatic carbocycles. The molecule has 1 heterocycles. The fourth-order valence-electron chi connectivity index (χ4n) is 4.88. The van der Waals surface area contributed by atoms with Crippen LogP contribution < -0.4 is 19.5 Å². The molecule has 0 amide bonds. The fourth-order valence-corrected chi connectivity index (χ4v) is 6.23. The SMILES string of the molecule is COc1ccc(OC)c([C@H]2Nc3ccc(S(=O)(=O)Nc4ccccc4Cl)cc3[C@H]3C=CC[C@H]32)c1. The van der Waals surface area contributed by atoms with Gasteiger partial charge in [-0.25, -0.2) is 8.42 Å². The number of para-hydroxylation sites is 1. The van der Waals surface area contributed by atoms with Gasteiger partial charge in [0.15, 0.2) is 0 Å². The van der Waals surface area contributed by atoms with Gasteiger partial charge >= 0.3 is 0 Å². The Bertz CT molecular complexity index is 1370. The van der Waals surface area contributed by atoms with Crippen molar-refractivity contribution in [1.29, 1.82) is 0 Å². The number of benzene rings is 3. The van der Waals surface area contributed by atoms with Crippen LogP contribution in [0.4, 0.5) is 11.4 Å². The zero-order valence-corrected chi connectivity index (χ0v) is 20.4.